The number of hydrogen-bond donors (Lipinski definition) is 1. The molecular formula is C16H25FN2. The van der Waals surface area contributed by atoms with E-state index in [1.54, 1.807) is 6.07 Å². The lowest BCUT2D eigenvalue weighted by Gasteiger charge is -2.41. The summed E-state index contributed by atoms with van der Waals surface area (Å²) in [6.45, 7) is 5.77. The Kier molecular flexibility index (Phi) is 4.94. The van der Waals surface area contributed by atoms with Crippen LogP contribution in [-0.2, 0) is 0 Å². The van der Waals surface area contributed by atoms with Crippen LogP contribution in [-0.4, -0.2) is 24.0 Å². The summed E-state index contributed by atoms with van der Waals surface area (Å²) < 4.78 is 13.4. The van der Waals surface area contributed by atoms with E-state index in [2.05, 4.69) is 11.8 Å². The van der Waals surface area contributed by atoms with Crippen molar-refractivity contribution in [2.75, 3.05) is 13.1 Å². The second-order valence-corrected chi connectivity index (χ2v) is 5.56. The van der Waals surface area contributed by atoms with Crippen molar-refractivity contribution in [3.05, 3.63) is 35.1 Å². The van der Waals surface area contributed by atoms with Crippen molar-refractivity contribution in [2.24, 2.45) is 5.73 Å². The maximum atomic E-state index is 13.4. The highest BCUT2D eigenvalue weighted by Crippen LogP contribution is 2.30. The summed E-state index contributed by atoms with van der Waals surface area (Å²) in [6, 6.07) is 6.25. The maximum absolute atomic E-state index is 13.4. The maximum Gasteiger partial charge on any atom is 0.126 e. The van der Waals surface area contributed by atoms with Gasteiger partial charge < -0.3 is 5.73 Å². The van der Waals surface area contributed by atoms with E-state index in [1.165, 1.54) is 19.3 Å². The molecule has 106 valence electrons. The zero-order chi connectivity index (χ0) is 13.8. The first kappa shape index (κ1) is 14.5. The molecule has 0 bridgehead atoms. The van der Waals surface area contributed by atoms with Crippen molar-refractivity contribution in [2.45, 2.75) is 51.6 Å². The van der Waals surface area contributed by atoms with Gasteiger partial charge in [-0.05, 0) is 49.9 Å². The third-order valence-electron chi connectivity index (χ3n) is 4.33. The van der Waals surface area contributed by atoms with E-state index in [0.717, 1.165) is 18.5 Å². The molecule has 1 fully saturated rings. The molecule has 0 saturated carbocycles. The zero-order valence-electron chi connectivity index (χ0n) is 12.0. The number of nitrogens with zero attached hydrogens (tertiary/aromatic N) is 1. The molecule has 0 radical (unpaired) electrons. The van der Waals surface area contributed by atoms with E-state index in [0.29, 0.717) is 18.2 Å². The topological polar surface area (TPSA) is 29.3 Å². The second-order valence-electron chi connectivity index (χ2n) is 5.56. The summed E-state index contributed by atoms with van der Waals surface area (Å²) in [5.74, 6) is -0.134. The Morgan fingerprint density at radius 2 is 2.21 bits per heavy atom. The summed E-state index contributed by atoms with van der Waals surface area (Å²) in [5, 5.41) is 0. The first-order chi connectivity index (χ1) is 9.17. The highest BCUT2D eigenvalue weighted by Gasteiger charge is 2.28. The lowest BCUT2D eigenvalue weighted by molar-refractivity contribution is 0.0948. The van der Waals surface area contributed by atoms with E-state index >= 15 is 0 Å². The molecule has 0 amide bonds. The smallest absolute Gasteiger partial charge is 0.126 e. The predicted molar refractivity (Wildman–Crippen MR) is 77.6 cm³/mol. The normalized spacial score (nSPS) is 22.4. The first-order valence-corrected chi connectivity index (χ1v) is 7.39. The molecule has 2 nitrogen and oxygen atoms in total. The number of benzene rings is 1. The van der Waals surface area contributed by atoms with Crippen molar-refractivity contribution >= 4 is 0 Å². The lowest BCUT2D eigenvalue weighted by atomic mass is 9.94. The fourth-order valence-electron chi connectivity index (χ4n) is 3.21. The van der Waals surface area contributed by atoms with Crippen molar-refractivity contribution in [1.82, 2.24) is 4.90 Å². The first-order valence-electron chi connectivity index (χ1n) is 7.39. The minimum absolute atomic E-state index is 0.134. The van der Waals surface area contributed by atoms with Crippen molar-refractivity contribution < 1.29 is 4.39 Å². The van der Waals surface area contributed by atoms with Gasteiger partial charge in [0.2, 0.25) is 0 Å². The minimum Gasteiger partial charge on any atom is -0.329 e. The van der Waals surface area contributed by atoms with E-state index in [-0.39, 0.29) is 11.9 Å². The number of piperidine rings is 1. The van der Waals surface area contributed by atoms with Gasteiger partial charge in [0.25, 0.3) is 0 Å². The Labute approximate surface area is 115 Å². The standard InChI is InChI=1S/C16H25FN2/c1-3-14-6-4-5-9-19(14)16(11-18)13-7-8-15(17)12(2)10-13/h7-8,10,14,16H,3-6,9,11,18H2,1-2H3. The van der Waals surface area contributed by atoms with Gasteiger partial charge in [-0.2, -0.15) is 0 Å². The van der Waals surface area contributed by atoms with Crippen LogP contribution in [0.5, 0.6) is 0 Å². The van der Waals surface area contributed by atoms with Crippen LogP contribution in [0.2, 0.25) is 0 Å². The lowest BCUT2D eigenvalue weighted by Crippen LogP contribution is -2.44. The van der Waals surface area contributed by atoms with Gasteiger partial charge in [-0.25, -0.2) is 4.39 Å². The number of halogens is 1. The molecule has 0 aromatic heterocycles. The summed E-state index contributed by atoms with van der Waals surface area (Å²) in [4.78, 5) is 2.52. The summed E-state index contributed by atoms with van der Waals surface area (Å²) in [7, 11) is 0. The molecule has 2 unspecified atom stereocenters. The Morgan fingerprint density at radius 3 is 2.84 bits per heavy atom. The van der Waals surface area contributed by atoms with Crippen molar-refractivity contribution in [3.63, 3.8) is 0 Å². The van der Waals surface area contributed by atoms with E-state index in [1.807, 2.05) is 19.1 Å². The van der Waals surface area contributed by atoms with E-state index < -0.39 is 0 Å². The van der Waals surface area contributed by atoms with Crippen molar-refractivity contribution in [1.29, 1.82) is 0 Å². The van der Waals surface area contributed by atoms with Crippen LogP contribution in [0.3, 0.4) is 0 Å². The van der Waals surface area contributed by atoms with Gasteiger partial charge in [0.05, 0.1) is 0 Å². The van der Waals surface area contributed by atoms with Gasteiger partial charge >= 0.3 is 0 Å². The van der Waals surface area contributed by atoms with Crippen LogP contribution in [0.1, 0.15) is 49.8 Å². The third kappa shape index (κ3) is 3.15. The molecule has 2 N–H and O–H groups in total. The van der Waals surface area contributed by atoms with Crippen LogP contribution in [0.25, 0.3) is 0 Å². The Morgan fingerprint density at radius 1 is 1.42 bits per heavy atom. The van der Waals surface area contributed by atoms with Gasteiger partial charge in [-0.1, -0.05) is 25.5 Å². The number of likely N-dealkylation sites (tertiary alicyclic amines) is 1. The van der Waals surface area contributed by atoms with Gasteiger partial charge in [-0.3, -0.25) is 4.90 Å². The summed E-state index contributed by atoms with van der Waals surface area (Å²) in [5.41, 5.74) is 7.87. The van der Waals surface area contributed by atoms with Gasteiger partial charge in [-0.15, -0.1) is 0 Å². The van der Waals surface area contributed by atoms with E-state index in [9.17, 15) is 4.39 Å². The minimum atomic E-state index is -0.134. The third-order valence-corrected chi connectivity index (χ3v) is 4.33. The molecule has 1 aromatic rings. The van der Waals surface area contributed by atoms with Crippen LogP contribution in [0.4, 0.5) is 4.39 Å². The fourth-order valence-corrected chi connectivity index (χ4v) is 3.21. The molecule has 2 atom stereocenters. The number of aryl methyl sites for hydroxylation is 1. The molecule has 1 aliphatic rings. The number of hydrogen-bond acceptors (Lipinski definition) is 2. The van der Waals surface area contributed by atoms with Crippen LogP contribution < -0.4 is 5.73 Å². The van der Waals surface area contributed by atoms with Gasteiger partial charge in [0, 0.05) is 18.6 Å². The Bertz CT molecular complexity index is 419. The highest BCUT2D eigenvalue weighted by atomic mass is 19.1. The molecule has 19 heavy (non-hydrogen) atoms. The van der Waals surface area contributed by atoms with Crippen LogP contribution in [0, 0.1) is 12.7 Å². The number of nitrogens with two attached hydrogens (primary N) is 1. The van der Waals surface area contributed by atoms with E-state index in [4.69, 9.17) is 5.73 Å². The van der Waals surface area contributed by atoms with Crippen LogP contribution >= 0.6 is 0 Å². The highest BCUT2D eigenvalue weighted by molar-refractivity contribution is 5.27. The Balaban J connectivity index is 2.24. The van der Waals surface area contributed by atoms with Gasteiger partial charge in [0.15, 0.2) is 0 Å². The average Bonchev–Trinajstić information content (AvgIpc) is 2.44. The zero-order valence-corrected chi connectivity index (χ0v) is 12.0. The van der Waals surface area contributed by atoms with Gasteiger partial charge in [0.1, 0.15) is 5.82 Å². The monoisotopic (exact) mass is 264 g/mol. The fraction of sp³-hybridized carbons (Fsp3) is 0.625. The van der Waals surface area contributed by atoms with Crippen LogP contribution in [0.15, 0.2) is 18.2 Å². The summed E-state index contributed by atoms with van der Waals surface area (Å²) in [6.07, 6.45) is 4.98. The second kappa shape index (κ2) is 6.49. The molecule has 1 heterocycles. The van der Waals surface area contributed by atoms with Crippen molar-refractivity contribution in [3.8, 4) is 0 Å². The predicted octanol–water partition coefficient (Wildman–Crippen LogP) is 3.40. The molecule has 1 aliphatic heterocycles. The average molecular weight is 264 g/mol. The molecule has 3 heteroatoms. The number of rotatable bonds is 4. The molecule has 0 aliphatic carbocycles. The molecule has 0 spiro atoms. The quantitative estimate of drug-likeness (QED) is 0.903. The molecule has 2 rings (SSSR count). The molecule has 1 aromatic carbocycles. The SMILES string of the molecule is CCC1CCCCN1C(CN)c1ccc(F)c(C)c1. The summed E-state index contributed by atoms with van der Waals surface area (Å²) >= 11 is 0. The molecular weight excluding hydrogens is 239 g/mol. The largest absolute Gasteiger partial charge is 0.329 e. The Hall–Kier alpha value is -0.930. The molecule has 1 saturated heterocycles.